The van der Waals surface area contributed by atoms with E-state index in [4.69, 9.17) is 16.3 Å². The quantitative estimate of drug-likeness (QED) is 0.655. The van der Waals surface area contributed by atoms with Gasteiger partial charge < -0.3 is 9.64 Å². The minimum Gasteiger partial charge on any atom is -0.497 e. The molecule has 1 aliphatic rings. The fourth-order valence-electron chi connectivity index (χ4n) is 3.82. The Kier molecular flexibility index (Phi) is 4.98. The summed E-state index contributed by atoms with van der Waals surface area (Å²) in [6, 6.07) is 7.78. The van der Waals surface area contributed by atoms with Crippen molar-refractivity contribution < 1.29 is 9.53 Å². The molecule has 3 heterocycles. The Bertz CT molecular complexity index is 1030. The number of carbonyl (C=O) groups excluding carboxylic acids is 1. The third kappa shape index (κ3) is 3.11. The van der Waals surface area contributed by atoms with Crippen LogP contribution in [0.3, 0.4) is 0 Å². The average molecular weight is 399 g/mol. The topological polar surface area (TPSA) is 60.3 Å². The minimum atomic E-state index is -0.0526. The molecule has 1 saturated heterocycles. The molecule has 0 aliphatic carbocycles. The number of hydrogen-bond acceptors (Lipinski definition) is 4. The first kappa shape index (κ1) is 18.7. The molecule has 0 bridgehead atoms. The number of carbonyl (C=O) groups is 1. The van der Waals surface area contributed by atoms with Crippen LogP contribution in [-0.4, -0.2) is 45.3 Å². The number of ether oxygens (including phenoxy) is 1. The molecule has 0 saturated carbocycles. The van der Waals surface area contributed by atoms with Crippen LogP contribution in [0.4, 0.5) is 0 Å². The van der Waals surface area contributed by atoms with Gasteiger partial charge in [0.25, 0.3) is 5.91 Å². The maximum atomic E-state index is 13.1. The fourth-order valence-corrected chi connectivity index (χ4v) is 4.17. The highest BCUT2D eigenvalue weighted by Crippen LogP contribution is 2.32. The molecule has 7 heteroatoms. The van der Waals surface area contributed by atoms with Crippen LogP contribution in [0.1, 0.15) is 42.2 Å². The Morgan fingerprint density at radius 2 is 2.00 bits per heavy atom. The van der Waals surface area contributed by atoms with Crippen LogP contribution in [0.2, 0.25) is 5.02 Å². The van der Waals surface area contributed by atoms with Crippen LogP contribution in [0, 0.1) is 6.92 Å². The van der Waals surface area contributed by atoms with Crippen LogP contribution >= 0.6 is 11.6 Å². The second kappa shape index (κ2) is 7.43. The van der Waals surface area contributed by atoms with E-state index in [1.807, 2.05) is 36.1 Å². The van der Waals surface area contributed by atoms with Crippen LogP contribution in [0.15, 0.2) is 30.5 Å². The molecule has 1 amide bonds. The van der Waals surface area contributed by atoms with Gasteiger partial charge in [0.05, 0.1) is 34.5 Å². The van der Waals surface area contributed by atoms with E-state index in [0.29, 0.717) is 21.6 Å². The van der Waals surface area contributed by atoms with Crippen molar-refractivity contribution in [2.45, 2.75) is 39.2 Å². The predicted molar refractivity (Wildman–Crippen MR) is 110 cm³/mol. The maximum Gasteiger partial charge on any atom is 0.257 e. The van der Waals surface area contributed by atoms with Gasteiger partial charge in [-0.05, 0) is 57.4 Å². The maximum absolute atomic E-state index is 13.1. The summed E-state index contributed by atoms with van der Waals surface area (Å²) in [6.07, 6.45) is 4.78. The number of aryl methyl sites for hydroxylation is 1. The lowest BCUT2D eigenvalue weighted by molar-refractivity contribution is 0.0635. The lowest BCUT2D eigenvalue weighted by atomic mass is 10.0. The number of halogens is 1. The van der Waals surface area contributed by atoms with Crippen molar-refractivity contribution in [1.29, 1.82) is 0 Å². The normalized spacial score (nSPS) is 17.1. The van der Waals surface area contributed by atoms with E-state index >= 15 is 0 Å². The Morgan fingerprint density at radius 1 is 1.25 bits per heavy atom. The molecule has 2 aromatic heterocycles. The molecule has 6 nitrogen and oxygen atoms in total. The van der Waals surface area contributed by atoms with E-state index in [2.05, 4.69) is 17.0 Å². The molecule has 0 radical (unpaired) electrons. The summed E-state index contributed by atoms with van der Waals surface area (Å²) < 4.78 is 6.96. The first-order valence-corrected chi connectivity index (χ1v) is 9.88. The van der Waals surface area contributed by atoms with E-state index in [9.17, 15) is 4.79 Å². The predicted octanol–water partition coefficient (Wildman–Crippen LogP) is 4.41. The van der Waals surface area contributed by atoms with Crippen molar-refractivity contribution in [1.82, 2.24) is 19.7 Å². The molecule has 146 valence electrons. The van der Waals surface area contributed by atoms with Crippen molar-refractivity contribution in [2.75, 3.05) is 13.7 Å². The zero-order valence-corrected chi connectivity index (χ0v) is 17.0. The Labute approximate surface area is 169 Å². The number of nitrogens with zero attached hydrogens (tertiary/aromatic N) is 4. The Morgan fingerprint density at radius 3 is 2.68 bits per heavy atom. The molecule has 1 aromatic carbocycles. The molecule has 1 fully saturated rings. The highest BCUT2D eigenvalue weighted by Gasteiger charge is 2.28. The summed E-state index contributed by atoms with van der Waals surface area (Å²) in [6.45, 7) is 4.73. The van der Waals surface area contributed by atoms with Gasteiger partial charge in [0, 0.05) is 18.8 Å². The summed E-state index contributed by atoms with van der Waals surface area (Å²) >= 11 is 6.70. The number of amides is 1. The third-order valence-corrected chi connectivity index (χ3v) is 5.81. The van der Waals surface area contributed by atoms with Gasteiger partial charge in [0.2, 0.25) is 0 Å². The molecule has 28 heavy (non-hydrogen) atoms. The van der Waals surface area contributed by atoms with Gasteiger partial charge in [-0.2, -0.15) is 5.10 Å². The summed E-state index contributed by atoms with van der Waals surface area (Å²) in [4.78, 5) is 19.6. The first-order chi connectivity index (χ1) is 13.5. The highest BCUT2D eigenvalue weighted by molar-refractivity contribution is 6.38. The van der Waals surface area contributed by atoms with Crippen LogP contribution < -0.4 is 4.74 Å². The SMILES string of the molecule is COc1ccc(-n2nc(C)c3c(Cl)c(C(=O)N4CCCC[C@@H]4C)cnc32)cc1. The van der Waals surface area contributed by atoms with E-state index < -0.39 is 0 Å². The van der Waals surface area contributed by atoms with E-state index in [1.54, 1.807) is 18.0 Å². The molecular weight excluding hydrogens is 376 g/mol. The van der Waals surface area contributed by atoms with Crippen molar-refractivity contribution in [2.24, 2.45) is 0 Å². The molecule has 3 aromatic rings. The molecular formula is C21H23ClN4O2. The average Bonchev–Trinajstić information content (AvgIpc) is 3.05. The Balaban J connectivity index is 1.77. The number of fused-ring (bicyclic) bond motifs is 1. The number of pyridine rings is 1. The smallest absolute Gasteiger partial charge is 0.257 e. The lowest BCUT2D eigenvalue weighted by Crippen LogP contribution is -2.42. The fraction of sp³-hybridized carbons (Fsp3) is 0.381. The van der Waals surface area contributed by atoms with Crippen molar-refractivity contribution in [3.05, 3.63) is 46.7 Å². The summed E-state index contributed by atoms with van der Waals surface area (Å²) in [5, 5.41) is 5.75. The van der Waals surface area contributed by atoms with Crippen molar-refractivity contribution >= 4 is 28.5 Å². The van der Waals surface area contributed by atoms with Gasteiger partial charge in [0.15, 0.2) is 5.65 Å². The zero-order chi connectivity index (χ0) is 19.8. The van der Waals surface area contributed by atoms with Gasteiger partial charge >= 0.3 is 0 Å². The zero-order valence-electron chi connectivity index (χ0n) is 16.3. The molecule has 1 aliphatic heterocycles. The van der Waals surface area contributed by atoms with Crippen LogP contribution in [0.25, 0.3) is 16.7 Å². The van der Waals surface area contributed by atoms with Crippen molar-refractivity contribution in [3.63, 3.8) is 0 Å². The number of benzene rings is 1. The molecule has 1 atom stereocenters. The monoisotopic (exact) mass is 398 g/mol. The lowest BCUT2D eigenvalue weighted by Gasteiger charge is -2.33. The molecule has 0 N–H and O–H groups in total. The number of rotatable bonds is 3. The van der Waals surface area contributed by atoms with Gasteiger partial charge in [-0.3, -0.25) is 4.79 Å². The van der Waals surface area contributed by atoms with Crippen LogP contribution in [0.5, 0.6) is 5.75 Å². The number of likely N-dealkylation sites (tertiary alicyclic amines) is 1. The van der Waals surface area contributed by atoms with E-state index in [-0.39, 0.29) is 11.9 Å². The van der Waals surface area contributed by atoms with E-state index in [0.717, 1.165) is 42.9 Å². The Hall–Kier alpha value is -2.60. The second-order valence-corrected chi connectivity index (χ2v) is 7.60. The largest absolute Gasteiger partial charge is 0.497 e. The molecule has 4 rings (SSSR count). The standard InChI is InChI=1S/C21H23ClN4O2/c1-13-6-4-5-11-25(13)21(27)17-12-23-20-18(19(17)22)14(2)24-26(20)15-7-9-16(28-3)10-8-15/h7-10,12-13H,4-6,11H2,1-3H3/t13-/m0/s1. The van der Waals surface area contributed by atoms with E-state index in [1.165, 1.54) is 0 Å². The summed E-state index contributed by atoms with van der Waals surface area (Å²) in [7, 11) is 1.63. The van der Waals surface area contributed by atoms with Gasteiger partial charge in [-0.25, -0.2) is 9.67 Å². The molecule has 0 spiro atoms. The van der Waals surface area contributed by atoms with Crippen molar-refractivity contribution in [3.8, 4) is 11.4 Å². The molecule has 0 unspecified atom stereocenters. The number of piperidine rings is 1. The third-order valence-electron chi connectivity index (χ3n) is 5.42. The second-order valence-electron chi connectivity index (χ2n) is 7.22. The summed E-state index contributed by atoms with van der Waals surface area (Å²) in [5.41, 5.74) is 2.67. The first-order valence-electron chi connectivity index (χ1n) is 9.50. The van der Waals surface area contributed by atoms with Gasteiger partial charge in [-0.1, -0.05) is 11.6 Å². The number of aromatic nitrogens is 3. The number of methoxy groups -OCH3 is 1. The van der Waals surface area contributed by atoms with Gasteiger partial charge in [-0.15, -0.1) is 0 Å². The number of hydrogen-bond donors (Lipinski definition) is 0. The summed E-state index contributed by atoms with van der Waals surface area (Å²) in [5.74, 6) is 0.717. The minimum absolute atomic E-state index is 0.0526. The van der Waals surface area contributed by atoms with Gasteiger partial charge in [0.1, 0.15) is 5.75 Å². The van der Waals surface area contributed by atoms with Crippen LogP contribution in [-0.2, 0) is 0 Å². The highest BCUT2D eigenvalue weighted by atomic mass is 35.5.